The van der Waals surface area contributed by atoms with Gasteiger partial charge in [0.2, 0.25) is 0 Å². The average Bonchev–Trinajstić information content (AvgIpc) is 2.93. The molecule has 2 rings (SSSR count). The first-order valence-corrected chi connectivity index (χ1v) is 7.36. The number of aliphatic hydroxyl groups is 1. The van der Waals surface area contributed by atoms with Crippen LogP contribution in [0, 0.1) is 0 Å². The predicted molar refractivity (Wildman–Crippen MR) is 86.3 cm³/mol. The lowest BCUT2D eigenvalue weighted by Crippen LogP contribution is -2.31. The number of nitrogens with zero attached hydrogens (tertiary/aromatic N) is 3. The maximum atomic E-state index is 12.6. The van der Waals surface area contributed by atoms with E-state index in [1.165, 1.54) is 4.90 Å². The number of hydrogen-bond acceptors (Lipinski definition) is 3. The molecular weight excluding hydrogens is 278 g/mol. The second-order valence-electron chi connectivity index (χ2n) is 6.37. The Bertz CT molecular complexity index is 642. The van der Waals surface area contributed by atoms with E-state index in [-0.39, 0.29) is 17.9 Å². The summed E-state index contributed by atoms with van der Waals surface area (Å²) in [4.78, 5) is 14.1. The lowest BCUT2D eigenvalue weighted by Gasteiger charge is -2.20. The van der Waals surface area contributed by atoms with Gasteiger partial charge in [0.25, 0.3) is 5.91 Å². The van der Waals surface area contributed by atoms with Gasteiger partial charge in [-0.3, -0.25) is 4.79 Å². The molecule has 0 fully saturated rings. The first-order chi connectivity index (χ1) is 10.3. The summed E-state index contributed by atoms with van der Waals surface area (Å²) < 4.78 is 1.74. The third kappa shape index (κ3) is 3.36. The van der Waals surface area contributed by atoms with Crippen molar-refractivity contribution in [2.24, 2.45) is 0 Å². The average molecular weight is 301 g/mol. The van der Waals surface area contributed by atoms with Crippen LogP contribution in [0.5, 0.6) is 0 Å². The molecule has 0 saturated heterocycles. The molecule has 2 aromatic rings. The van der Waals surface area contributed by atoms with Crippen molar-refractivity contribution in [3.8, 4) is 5.69 Å². The quantitative estimate of drug-likeness (QED) is 0.942. The van der Waals surface area contributed by atoms with Crippen molar-refractivity contribution in [3.63, 3.8) is 0 Å². The van der Waals surface area contributed by atoms with Crippen LogP contribution in [0.25, 0.3) is 5.69 Å². The summed E-state index contributed by atoms with van der Waals surface area (Å²) >= 11 is 0. The molecule has 0 unspecified atom stereocenters. The van der Waals surface area contributed by atoms with Gasteiger partial charge in [-0.2, -0.15) is 5.10 Å². The van der Waals surface area contributed by atoms with Crippen LogP contribution < -0.4 is 0 Å². The summed E-state index contributed by atoms with van der Waals surface area (Å²) in [5.41, 5.74) is 2.00. The molecule has 0 spiro atoms. The minimum Gasteiger partial charge on any atom is -0.395 e. The van der Waals surface area contributed by atoms with Gasteiger partial charge in [-0.25, -0.2) is 4.68 Å². The maximum Gasteiger partial charge on any atom is 0.257 e. The number of carbonyl (C=O) groups is 1. The fourth-order valence-corrected chi connectivity index (χ4v) is 2.25. The normalized spacial score (nSPS) is 11.5. The van der Waals surface area contributed by atoms with E-state index < -0.39 is 0 Å². The Morgan fingerprint density at radius 3 is 2.45 bits per heavy atom. The number of benzene rings is 1. The van der Waals surface area contributed by atoms with Gasteiger partial charge in [-0.15, -0.1) is 0 Å². The van der Waals surface area contributed by atoms with Gasteiger partial charge in [0.15, 0.2) is 0 Å². The van der Waals surface area contributed by atoms with Crippen molar-refractivity contribution in [3.05, 3.63) is 47.8 Å². The van der Waals surface area contributed by atoms with E-state index in [0.717, 1.165) is 11.4 Å². The highest BCUT2D eigenvalue weighted by atomic mass is 16.3. The fraction of sp³-hybridized carbons (Fsp3) is 0.412. The zero-order valence-electron chi connectivity index (χ0n) is 13.6. The smallest absolute Gasteiger partial charge is 0.257 e. The van der Waals surface area contributed by atoms with E-state index >= 15 is 0 Å². The second-order valence-corrected chi connectivity index (χ2v) is 6.37. The Kier molecular flexibility index (Phi) is 4.66. The number of para-hydroxylation sites is 1. The molecule has 1 aromatic carbocycles. The molecule has 0 aliphatic rings. The maximum absolute atomic E-state index is 12.6. The Morgan fingerprint density at radius 1 is 1.27 bits per heavy atom. The van der Waals surface area contributed by atoms with Crippen molar-refractivity contribution in [2.45, 2.75) is 26.2 Å². The van der Waals surface area contributed by atoms with Crippen molar-refractivity contribution in [2.75, 3.05) is 20.2 Å². The Morgan fingerprint density at radius 2 is 1.91 bits per heavy atom. The lowest BCUT2D eigenvalue weighted by molar-refractivity contribution is 0.0764. The highest BCUT2D eigenvalue weighted by Crippen LogP contribution is 2.26. The molecule has 5 heteroatoms. The van der Waals surface area contributed by atoms with Crippen LogP contribution in [0.15, 0.2) is 36.5 Å². The van der Waals surface area contributed by atoms with Crippen LogP contribution in [-0.2, 0) is 5.41 Å². The number of likely N-dealkylation sites (N-methyl/N-ethyl adjacent to an activating group) is 1. The molecular formula is C17H23N3O2. The van der Waals surface area contributed by atoms with Crippen LogP contribution in [0.4, 0.5) is 0 Å². The molecule has 0 saturated carbocycles. The molecule has 118 valence electrons. The summed E-state index contributed by atoms with van der Waals surface area (Å²) in [5.74, 6) is -0.124. The number of aliphatic hydroxyl groups excluding tert-OH is 1. The van der Waals surface area contributed by atoms with Crippen LogP contribution in [0.3, 0.4) is 0 Å². The lowest BCUT2D eigenvalue weighted by atomic mass is 9.89. The summed E-state index contributed by atoms with van der Waals surface area (Å²) in [7, 11) is 1.69. The van der Waals surface area contributed by atoms with Gasteiger partial charge in [0, 0.05) is 25.2 Å². The molecule has 0 aliphatic heterocycles. The highest BCUT2D eigenvalue weighted by Gasteiger charge is 2.27. The predicted octanol–water partition coefficient (Wildman–Crippen LogP) is 2.23. The summed E-state index contributed by atoms with van der Waals surface area (Å²) in [6, 6.07) is 9.72. The van der Waals surface area contributed by atoms with E-state index in [1.807, 2.05) is 51.1 Å². The number of rotatable bonds is 4. The van der Waals surface area contributed by atoms with Crippen LogP contribution in [0.1, 0.15) is 36.8 Å². The van der Waals surface area contributed by atoms with E-state index in [2.05, 4.69) is 5.10 Å². The molecule has 1 aromatic heterocycles. The molecule has 1 heterocycles. The molecule has 0 bridgehead atoms. The molecule has 0 radical (unpaired) electrons. The molecule has 0 atom stereocenters. The fourth-order valence-electron chi connectivity index (χ4n) is 2.25. The van der Waals surface area contributed by atoms with E-state index in [0.29, 0.717) is 12.1 Å². The Labute approximate surface area is 131 Å². The van der Waals surface area contributed by atoms with Gasteiger partial charge in [-0.05, 0) is 12.1 Å². The first kappa shape index (κ1) is 16.2. The van der Waals surface area contributed by atoms with Crippen LogP contribution in [-0.4, -0.2) is 45.9 Å². The van der Waals surface area contributed by atoms with Gasteiger partial charge in [-0.1, -0.05) is 39.0 Å². The van der Waals surface area contributed by atoms with Gasteiger partial charge < -0.3 is 10.0 Å². The molecule has 5 nitrogen and oxygen atoms in total. The molecule has 22 heavy (non-hydrogen) atoms. The van der Waals surface area contributed by atoms with Crippen molar-refractivity contribution >= 4 is 5.91 Å². The minimum absolute atomic E-state index is 0.0556. The minimum atomic E-state index is -0.245. The SMILES string of the molecule is CN(CCO)C(=O)c1cn(-c2ccccc2)nc1C(C)(C)C. The number of aromatic nitrogens is 2. The third-order valence-electron chi connectivity index (χ3n) is 3.46. The monoisotopic (exact) mass is 301 g/mol. The Balaban J connectivity index is 2.48. The summed E-state index contributed by atoms with van der Waals surface area (Å²) in [6.45, 7) is 6.35. The number of amides is 1. The van der Waals surface area contributed by atoms with Crippen molar-refractivity contribution in [1.29, 1.82) is 0 Å². The third-order valence-corrected chi connectivity index (χ3v) is 3.46. The number of hydrogen-bond donors (Lipinski definition) is 1. The van der Waals surface area contributed by atoms with E-state index in [9.17, 15) is 4.79 Å². The van der Waals surface area contributed by atoms with Gasteiger partial charge >= 0.3 is 0 Å². The summed E-state index contributed by atoms with van der Waals surface area (Å²) in [6.07, 6.45) is 1.77. The largest absolute Gasteiger partial charge is 0.395 e. The standard InChI is InChI=1S/C17H23N3O2/c1-17(2,3)15-14(16(22)19(4)10-11-21)12-20(18-15)13-8-6-5-7-9-13/h5-9,12,21H,10-11H2,1-4H3. The van der Waals surface area contributed by atoms with Crippen molar-refractivity contribution < 1.29 is 9.90 Å². The van der Waals surface area contributed by atoms with E-state index in [4.69, 9.17) is 5.11 Å². The van der Waals surface area contributed by atoms with Gasteiger partial charge in [0.1, 0.15) is 0 Å². The highest BCUT2D eigenvalue weighted by molar-refractivity contribution is 5.95. The molecule has 1 amide bonds. The topological polar surface area (TPSA) is 58.4 Å². The first-order valence-electron chi connectivity index (χ1n) is 7.36. The molecule has 0 aliphatic carbocycles. The zero-order valence-corrected chi connectivity index (χ0v) is 13.6. The van der Waals surface area contributed by atoms with Crippen molar-refractivity contribution in [1.82, 2.24) is 14.7 Å². The number of carbonyl (C=O) groups excluding carboxylic acids is 1. The van der Waals surface area contributed by atoms with E-state index in [1.54, 1.807) is 17.9 Å². The van der Waals surface area contributed by atoms with Crippen LogP contribution in [0.2, 0.25) is 0 Å². The van der Waals surface area contributed by atoms with Crippen LogP contribution >= 0.6 is 0 Å². The Hall–Kier alpha value is -2.14. The zero-order chi connectivity index (χ0) is 16.3. The summed E-state index contributed by atoms with van der Waals surface area (Å²) in [5, 5.41) is 13.7. The second kappa shape index (κ2) is 6.32. The van der Waals surface area contributed by atoms with Gasteiger partial charge in [0.05, 0.1) is 23.6 Å². The molecule has 1 N–H and O–H groups in total.